The lowest BCUT2D eigenvalue weighted by molar-refractivity contribution is -0.126. The van der Waals surface area contributed by atoms with Gasteiger partial charge in [-0.25, -0.2) is 4.39 Å². The van der Waals surface area contributed by atoms with Crippen LogP contribution in [0.1, 0.15) is 0 Å². The summed E-state index contributed by atoms with van der Waals surface area (Å²) in [6.07, 6.45) is -1.65. The Hall–Kier alpha value is -0.750. The van der Waals surface area contributed by atoms with Crippen LogP contribution in [-0.4, -0.2) is 27.6 Å². The number of hydrogen-bond donors (Lipinski definition) is 2. The molecule has 1 aromatic carbocycles. The zero-order valence-electron chi connectivity index (χ0n) is 8.87. The maximum atomic E-state index is 12.6. The molecule has 0 heterocycles. The van der Waals surface area contributed by atoms with Crippen molar-refractivity contribution in [3.63, 3.8) is 0 Å². The van der Waals surface area contributed by atoms with Crippen molar-refractivity contribution in [2.75, 3.05) is 6.61 Å². The van der Waals surface area contributed by atoms with E-state index in [2.05, 4.69) is 0 Å². The van der Waals surface area contributed by atoms with Crippen molar-refractivity contribution >= 4 is 40.7 Å². The quantitative estimate of drug-likeness (QED) is 0.660. The van der Waals surface area contributed by atoms with Crippen molar-refractivity contribution < 1.29 is 19.0 Å². The van der Waals surface area contributed by atoms with Crippen LogP contribution in [0.5, 0.6) is 5.75 Å². The molecule has 0 spiro atoms. The molecule has 0 aliphatic heterocycles. The highest BCUT2D eigenvalue weighted by Crippen LogP contribution is 2.28. The topological polar surface area (TPSA) is 58.6 Å². The Balaban J connectivity index is 2.40. The molecule has 0 aromatic heterocycles. The van der Waals surface area contributed by atoms with Crippen LogP contribution in [0.3, 0.4) is 0 Å². The summed E-state index contributed by atoms with van der Waals surface area (Å²) in [6.45, 7) is -0.399. The highest BCUT2D eigenvalue weighted by Gasteiger charge is 2.32. The largest absolute Gasteiger partial charge is 0.484 e. The number of aliphatic hydroxyl groups excluding tert-OH is 1. The van der Waals surface area contributed by atoms with Crippen molar-refractivity contribution in [2.24, 2.45) is 0 Å². The maximum absolute atomic E-state index is 12.6. The number of alkyl halides is 3. The standard InChI is InChI=1S/C10H9Cl3FNO3/c11-10(12,13)9(17)15-8(16)5-18-7-3-1-6(14)2-4-7/h1-4,9,17H,5H2,(H,15,16). The van der Waals surface area contributed by atoms with Gasteiger partial charge in [0, 0.05) is 0 Å². The molecule has 4 nitrogen and oxygen atoms in total. The fraction of sp³-hybridized carbons (Fsp3) is 0.300. The van der Waals surface area contributed by atoms with E-state index in [1.807, 2.05) is 5.32 Å². The van der Waals surface area contributed by atoms with Crippen molar-refractivity contribution in [3.05, 3.63) is 30.1 Å². The molecule has 0 saturated heterocycles. The summed E-state index contributed by atoms with van der Waals surface area (Å²) in [5, 5.41) is 11.3. The molecule has 0 aliphatic carbocycles. The second kappa shape index (κ2) is 6.43. The SMILES string of the molecule is O=C(COc1ccc(F)cc1)NC(O)C(Cl)(Cl)Cl. The van der Waals surface area contributed by atoms with Gasteiger partial charge in [0.1, 0.15) is 11.6 Å². The summed E-state index contributed by atoms with van der Waals surface area (Å²) in [4.78, 5) is 11.3. The van der Waals surface area contributed by atoms with Gasteiger partial charge in [-0.3, -0.25) is 4.79 Å². The van der Waals surface area contributed by atoms with Crippen molar-refractivity contribution in [3.8, 4) is 5.75 Å². The van der Waals surface area contributed by atoms with Gasteiger partial charge in [0.05, 0.1) is 0 Å². The van der Waals surface area contributed by atoms with E-state index >= 15 is 0 Å². The lowest BCUT2D eigenvalue weighted by atomic mass is 10.3. The average molecular weight is 317 g/mol. The Kier molecular flexibility index (Phi) is 5.47. The van der Waals surface area contributed by atoms with Crippen LogP contribution in [-0.2, 0) is 4.79 Å². The molecule has 1 atom stereocenters. The minimum atomic E-state index is -2.02. The molecular formula is C10H9Cl3FNO3. The van der Waals surface area contributed by atoms with E-state index in [9.17, 15) is 14.3 Å². The Labute approximate surface area is 118 Å². The number of nitrogens with one attached hydrogen (secondary N) is 1. The van der Waals surface area contributed by atoms with Gasteiger partial charge >= 0.3 is 0 Å². The lowest BCUT2D eigenvalue weighted by Crippen LogP contribution is -2.45. The van der Waals surface area contributed by atoms with Gasteiger partial charge in [-0.05, 0) is 24.3 Å². The molecule has 1 unspecified atom stereocenters. The van der Waals surface area contributed by atoms with Crippen LogP contribution in [0, 0.1) is 5.82 Å². The van der Waals surface area contributed by atoms with Crippen LogP contribution >= 0.6 is 34.8 Å². The number of rotatable bonds is 4. The number of ether oxygens (including phenoxy) is 1. The number of benzene rings is 1. The van der Waals surface area contributed by atoms with Crippen molar-refractivity contribution in [2.45, 2.75) is 10.0 Å². The van der Waals surface area contributed by atoms with Crippen LogP contribution in [0.25, 0.3) is 0 Å². The summed E-state index contributed by atoms with van der Waals surface area (Å²) in [6, 6.07) is 5.08. The minimum absolute atomic E-state index is 0.301. The van der Waals surface area contributed by atoms with E-state index in [1.165, 1.54) is 24.3 Å². The first-order valence-corrected chi connectivity index (χ1v) is 5.85. The fourth-order valence-corrected chi connectivity index (χ4v) is 1.12. The number of carbonyl (C=O) groups is 1. The Morgan fingerprint density at radius 3 is 2.44 bits per heavy atom. The number of aliphatic hydroxyl groups is 1. The van der Waals surface area contributed by atoms with Crippen LogP contribution in [0.15, 0.2) is 24.3 Å². The molecule has 1 aromatic rings. The molecule has 1 amide bonds. The van der Waals surface area contributed by atoms with Gasteiger partial charge in [0.2, 0.25) is 3.79 Å². The third-order valence-corrected chi connectivity index (χ3v) is 2.41. The van der Waals surface area contributed by atoms with E-state index in [-0.39, 0.29) is 0 Å². The molecule has 0 radical (unpaired) electrons. The van der Waals surface area contributed by atoms with Crippen molar-refractivity contribution in [1.29, 1.82) is 0 Å². The van der Waals surface area contributed by atoms with E-state index in [4.69, 9.17) is 39.5 Å². The molecule has 2 N–H and O–H groups in total. The second-order valence-corrected chi connectivity index (χ2v) is 5.62. The maximum Gasteiger partial charge on any atom is 0.260 e. The van der Waals surface area contributed by atoms with Crippen LogP contribution in [0.2, 0.25) is 0 Å². The smallest absolute Gasteiger partial charge is 0.260 e. The highest BCUT2D eigenvalue weighted by atomic mass is 35.6. The number of hydrogen-bond acceptors (Lipinski definition) is 3. The Morgan fingerprint density at radius 2 is 1.94 bits per heavy atom. The predicted octanol–water partition coefficient (Wildman–Crippen LogP) is 2.01. The van der Waals surface area contributed by atoms with E-state index in [1.54, 1.807) is 0 Å². The van der Waals surface area contributed by atoms with Gasteiger partial charge in [-0.2, -0.15) is 0 Å². The second-order valence-electron chi connectivity index (χ2n) is 3.25. The first-order valence-electron chi connectivity index (χ1n) is 4.71. The van der Waals surface area contributed by atoms with Gasteiger partial charge in [-0.1, -0.05) is 34.8 Å². The molecule has 18 heavy (non-hydrogen) atoms. The highest BCUT2D eigenvalue weighted by molar-refractivity contribution is 6.68. The minimum Gasteiger partial charge on any atom is -0.484 e. The third-order valence-electron chi connectivity index (χ3n) is 1.79. The first-order chi connectivity index (χ1) is 8.29. The average Bonchev–Trinajstić information content (AvgIpc) is 2.27. The van der Waals surface area contributed by atoms with E-state index < -0.39 is 28.4 Å². The number of carbonyl (C=O) groups excluding carboxylic acids is 1. The third kappa shape index (κ3) is 5.27. The first kappa shape index (κ1) is 15.3. The van der Waals surface area contributed by atoms with Gasteiger partial charge in [-0.15, -0.1) is 0 Å². The number of halogens is 4. The predicted molar refractivity (Wildman–Crippen MR) is 66.3 cm³/mol. The summed E-state index contributed by atoms with van der Waals surface area (Å²) >= 11 is 16.0. The monoisotopic (exact) mass is 315 g/mol. The van der Waals surface area contributed by atoms with Gasteiger partial charge in [0.25, 0.3) is 5.91 Å². The molecule has 100 valence electrons. The summed E-state index contributed by atoms with van der Waals surface area (Å²) in [5.74, 6) is -0.800. The molecule has 0 saturated carbocycles. The molecular weight excluding hydrogens is 307 g/mol. The normalized spacial score (nSPS) is 12.9. The van der Waals surface area contributed by atoms with Crippen LogP contribution in [0.4, 0.5) is 4.39 Å². The fourth-order valence-electron chi connectivity index (χ4n) is 0.956. The molecule has 0 bridgehead atoms. The van der Waals surface area contributed by atoms with E-state index in [0.29, 0.717) is 5.75 Å². The van der Waals surface area contributed by atoms with Crippen molar-refractivity contribution in [1.82, 2.24) is 5.32 Å². The zero-order chi connectivity index (χ0) is 13.8. The zero-order valence-corrected chi connectivity index (χ0v) is 11.1. The summed E-state index contributed by atoms with van der Waals surface area (Å²) in [5.41, 5.74) is 0. The summed E-state index contributed by atoms with van der Waals surface area (Å²) < 4.78 is 15.6. The molecule has 0 fully saturated rings. The number of amides is 1. The molecule has 1 rings (SSSR count). The van der Waals surface area contributed by atoms with E-state index in [0.717, 1.165) is 0 Å². The van der Waals surface area contributed by atoms with Gasteiger partial charge in [0.15, 0.2) is 12.8 Å². The van der Waals surface area contributed by atoms with Crippen LogP contribution < -0.4 is 10.1 Å². The lowest BCUT2D eigenvalue weighted by Gasteiger charge is -2.19. The summed E-state index contributed by atoms with van der Waals surface area (Å²) in [7, 11) is 0. The molecule has 8 heteroatoms. The van der Waals surface area contributed by atoms with Gasteiger partial charge < -0.3 is 15.2 Å². The molecule has 0 aliphatic rings. The Bertz CT molecular complexity index is 408. The Morgan fingerprint density at radius 1 is 1.39 bits per heavy atom.